The Bertz CT molecular complexity index is 318. The minimum absolute atomic E-state index is 0.00432. The molecule has 0 aliphatic heterocycles. The van der Waals surface area contributed by atoms with E-state index < -0.39 is 23.8 Å². The van der Waals surface area contributed by atoms with Gasteiger partial charge in [-0.1, -0.05) is 13.0 Å². The molecular formula is C13H20O5. The fourth-order valence-corrected chi connectivity index (χ4v) is 1.64. The average Bonchev–Trinajstić information content (AvgIpc) is 2.36. The Morgan fingerprint density at radius 3 is 1.89 bits per heavy atom. The Kier molecular flexibility index (Phi) is 6.93. The van der Waals surface area contributed by atoms with Crippen molar-refractivity contribution in [1.29, 1.82) is 0 Å². The SMILES string of the molecule is C=CC(CC(C)C(C)=O)C(C(=O)OC)C(=O)OC. The number of ketones is 1. The minimum Gasteiger partial charge on any atom is -0.468 e. The number of rotatable bonds is 7. The van der Waals surface area contributed by atoms with Gasteiger partial charge in [0, 0.05) is 11.8 Å². The quantitative estimate of drug-likeness (QED) is 0.391. The van der Waals surface area contributed by atoms with Crippen molar-refractivity contribution >= 4 is 17.7 Å². The Morgan fingerprint density at radius 2 is 1.61 bits per heavy atom. The van der Waals surface area contributed by atoms with Gasteiger partial charge in [0.2, 0.25) is 0 Å². The number of allylic oxidation sites excluding steroid dienone is 1. The molecule has 5 nitrogen and oxygen atoms in total. The van der Waals surface area contributed by atoms with Crippen molar-refractivity contribution in [3.63, 3.8) is 0 Å². The molecule has 2 unspecified atom stereocenters. The summed E-state index contributed by atoms with van der Waals surface area (Å²) in [5.74, 6) is -3.17. The van der Waals surface area contributed by atoms with Gasteiger partial charge in [0.25, 0.3) is 0 Å². The fourth-order valence-electron chi connectivity index (χ4n) is 1.64. The topological polar surface area (TPSA) is 69.7 Å². The van der Waals surface area contributed by atoms with E-state index in [1.165, 1.54) is 27.2 Å². The van der Waals surface area contributed by atoms with Crippen molar-refractivity contribution in [3.8, 4) is 0 Å². The molecule has 0 aromatic heterocycles. The summed E-state index contributed by atoms with van der Waals surface area (Å²) in [5, 5.41) is 0. The average molecular weight is 256 g/mol. The zero-order valence-corrected chi connectivity index (χ0v) is 11.3. The van der Waals surface area contributed by atoms with Crippen molar-refractivity contribution in [2.24, 2.45) is 17.8 Å². The smallest absolute Gasteiger partial charge is 0.320 e. The lowest BCUT2D eigenvalue weighted by Gasteiger charge is -2.22. The molecule has 0 heterocycles. The van der Waals surface area contributed by atoms with Crippen molar-refractivity contribution in [1.82, 2.24) is 0 Å². The number of carbonyl (C=O) groups is 3. The van der Waals surface area contributed by atoms with Crippen LogP contribution in [0, 0.1) is 17.8 Å². The molecular weight excluding hydrogens is 236 g/mol. The van der Waals surface area contributed by atoms with Gasteiger partial charge in [-0.05, 0) is 13.3 Å². The van der Waals surface area contributed by atoms with Crippen LogP contribution >= 0.6 is 0 Å². The maximum atomic E-state index is 11.6. The zero-order valence-electron chi connectivity index (χ0n) is 11.3. The fraction of sp³-hybridized carbons (Fsp3) is 0.615. The molecule has 0 rings (SSSR count). The van der Waals surface area contributed by atoms with Crippen LogP contribution in [0.2, 0.25) is 0 Å². The Hall–Kier alpha value is -1.65. The molecule has 0 spiro atoms. The first-order chi connectivity index (χ1) is 8.38. The number of esters is 2. The highest BCUT2D eigenvalue weighted by Crippen LogP contribution is 2.24. The standard InChI is InChI=1S/C13H20O5/c1-6-10(7-8(2)9(3)14)11(12(15)17-4)13(16)18-5/h6,8,10-11H,1,7H2,2-5H3. The summed E-state index contributed by atoms with van der Waals surface area (Å²) < 4.78 is 9.18. The Labute approximate surface area is 107 Å². The van der Waals surface area contributed by atoms with E-state index >= 15 is 0 Å². The number of methoxy groups -OCH3 is 2. The summed E-state index contributed by atoms with van der Waals surface area (Å²) in [7, 11) is 2.40. The molecule has 0 aromatic carbocycles. The molecule has 0 aromatic rings. The van der Waals surface area contributed by atoms with E-state index in [1.54, 1.807) is 6.92 Å². The van der Waals surface area contributed by atoms with E-state index in [-0.39, 0.29) is 11.7 Å². The first-order valence-corrected chi connectivity index (χ1v) is 5.67. The molecule has 0 radical (unpaired) electrons. The molecule has 0 amide bonds. The summed E-state index contributed by atoms with van der Waals surface area (Å²) >= 11 is 0. The lowest BCUT2D eigenvalue weighted by Crippen LogP contribution is -2.34. The molecule has 0 saturated carbocycles. The second-order valence-electron chi connectivity index (χ2n) is 4.17. The van der Waals surface area contributed by atoms with E-state index in [4.69, 9.17) is 0 Å². The van der Waals surface area contributed by atoms with Crippen LogP contribution in [0.15, 0.2) is 12.7 Å². The van der Waals surface area contributed by atoms with E-state index in [9.17, 15) is 14.4 Å². The number of Topliss-reactive ketones (excluding diaryl/α,β-unsaturated/α-hetero) is 1. The van der Waals surface area contributed by atoms with Crippen LogP contribution in [0.3, 0.4) is 0 Å². The molecule has 18 heavy (non-hydrogen) atoms. The highest BCUT2D eigenvalue weighted by molar-refractivity contribution is 5.95. The number of hydrogen-bond donors (Lipinski definition) is 0. The van der Waals surface area contributed by atoms with Gasteiger partial charge in [0.15, 0.2) is 5.92 Å². The van der Waals surface area contributed by atoms with Crippen LogP contribution < -0.4 is 0 Å². The molecule has 0 saturated heterocycles. The maximum Gasteiger partial charge on any atom is 0.320 e. The van der Waals surface area contributed by atoms with E-state index in [1.807, 2.05) is 0 Å². The largest absolute Gasteiger partial charge is 0.468 e. The van der Waals surface area contributed by atoms with Crippen LogP contribution in [0.25, 0.3) is 0 Å². The predicted octanol–water partition coefficient (Wildman–Crippen LogP) is 1.37. The van der Waals surface area contributed by atoms with Crippen molar-refractivity contribution in [2.75, 3.05) is 14.2 Å². The zero-order chi connectivity index (χ0) is 14.3. The summed E-state index contributed by atoms with van der Waals surface area (Å²) in [4.78, 5) is 34.4. The van der Waals surface area contributed by atoms with Crippen molar-refractivity contribution < 1.29 is 23.9 Å². The third-order valence-electron chi connectivity index (χ3n) is 2.96. The highest BCUT2D eigenvalue weighted by atomic mass is 16.5. The lowest BCUT2D eigenvalue weighted by molar-refractivity contribution is -0.161. The number of carbonyl (C=O) groups excluding carboxylic acids is 3. The molecule has 0 bridgehead atoms. The van der Waals surface area contributed by atoms with Gasteiger partial charge in [-0.2, -0.15) is 0 Å². The Morgan fingerprint density at radius 1 is 1.17 bits per heavy atom. The molecule has 0 N–H and O–H groups in total. The van der Waals surface area contributed by atoms with E-state index in [0.717, 1.165) is 0 Å². The van der Waals surface area contributed by atoms with Gasteiger partial charge in [-0.25, -0.2) is 0 Å². The van der Waals surface area contributed by atoms with Crippen LogP contribution in [-0.4, -0.2) is 31.9 Å². The van der Waals surface area contributed by atoms with Crippen molar-refractivity contribution in [3.05, 3.63) is 12.7 Å². The van der Waals surface area contributed by atoms with E-state index in [2.05, 4.69) is 16.1 Å². The van der Waals surface area contributed by atoms with Gasteiger partial charge >= 0.3 is 11.9 Å². The van der Waals surface area contributed by atoms with Crippen LogP contribution in [0.4, 0.5) is 0 Å². The second-order valence-corrected chi connectivity index (χ2v) is 4.17. The van der Waals surface area contributed by atoms with E-state index in [0.29, 0.717) is 6.42 Å². The summed E-state index contributed by atoms with van der Waals surface area (Å²) in [6.07, 6.45) is 1.84. The lowest BCUT2D eigenvalue weighted by atomic mass is 9.83. The van der Waals surface area contributed by atoms with Gasteiger partial charge < -0.3 is 9.47 Å². The normalized spacial score (nSPS) is 13.6. The van der Waals surface area contributed by atoms with Crippen LogP contribution in [-0.2, 0) is 23.9 Å². The van der Waals surface area contributed by atoms with Crippen LogP contribution in [0.5, 0.6) is 0 Å². The highest BCUT2D eigenvalue weighted by Gasteiger charge is 2.36. The molecule has 5 heteroatoms. The minimum atomic E-state index is -1.07. The predicted molar refractivity (Wildman–Crippen MR) is 65.7 cm³/mol. The summed E-state index contributed by atoms with van der Waals surface area (Å²) in [5.41, 5.74) is 0. The van der Waals surface area contributed by atoms with Crippen LogP contribution in [0.1, 0.15) is 20.3 Å². The van der Waals surface area contributed by atoms with Gasteiger partial charge in [-0.15, -0.1) is 6.58 Å². The number of hydrogen-bond acceptors (Lipinski definition) is 5. The van der Waals surface area contributed by atoms with Gasteiger partial charge in [-0.3, -0.25) is 14.4 Å². The third kappa shape index (κ3) is 4.31. The molecule has 0 aliphatic carbocycles. The first-order valence-electron chi connectivity index (χ1n) is 5.67. The monoisotopic (exact) mass is 256 g/mol. The number of ether oxygens (including phenoxy) is 2. The molecule has 2 atom stereocenters. The second kappa shape index (κ2) is 7.63. The van der Waals surface area contributed by atoms with Gasteiger partial charge in [0.05, 0.1) is 14.2 Å². The Balaban J connectivity index is 5.04. The molecule has 102 valence electrons. The molecule has 0 fully saturated rings. The summed E-state index contributed by atoms with van der Waals surface area (Å²) in [6, 6.07) is 0. The maximum absolute atomic E-state index is 11.6. The summed E-state index contributed by atoms with van der Waals surface area (Å²) in [6.45, 7) is 6.81. The third-order valence-corrected chi connectivity index (χ3v) is 2.96. The van der Waals surface area contributed by atoms with Gasteiger partial charge in [0.1, 0.15) is 5.78 Å². The first kappa shape index (κ1) is 16.4. The molecule has 0 aliphatic rings. The van der Waals surface area contributed by atoms with Crippen molar-refractivity contribution in [2.45, 2.75) is 20.3 Å².